The number of hydrogen-bond acceptors (Lipinski definition) is 5. The number of nitrogens with zero attached hydrogens (tertiary/aromatic N) is 1. The van der Waals surface area contributed by atoms with Crippen molar-refractivity contribution in [3.63, 3.8) is 0 Å². The van der Waals surface area contributed by atoms with Gasteiger partial charge in [0.15, 0.2) is 6.29 Å². The van der Waals surface area contributed by atoms with E-state index in [0.29, 0.717) is 12.5 Å². The molecule has 4 rings (SSSR count). The van der Waals surface area contributed by atoms with Crippen LogP contribution in [0, 0.1) is 11.8 Å². The monoisotopic (exact) mass is 374 g/mol. The number of hydrogen-bond donors (Lipinski definition) is 2. The van der Waals surface area contributed by atoms with Crippen LogP contribution in [0.5, 0.6) is 0 Å². The zero-order valence-corrected chi connectivity index (χ0v) is 16.6. The number of likely N-dealkylation sites (tertiary alicyclic amines) is 1. The first-order valence-corrected chi connectivity index (χ1v) is 10.6. The second-order valence-corrected chi connectivity index (χ2v) is 8.85. The Balaban J connectivity index is 1.35. The van der Waals surface area contributed by atoms with E-state index in [1.54, 1.807) is 0 Å². The third-order valence-electron chi connectivity index (χ3n) is 6.33. The summed E-state index contributed by atoms with van der Waals surface area (Å²) in [5.41, 5.74) is 1.43. The molecule has 2 bridgehead atoms. The molecular weight excluding hydrogens is 340 g/mol. The van der Waals surface area contributed by atoms with E-state index >= 15 is 0 Å². The average Bonchev–Trinajstić information content (AvgIpc) is 3.08. The predicted octanol–water partition coefficient (Wildman–Crippen LogP) is 2.04. The first-order valence-electron chi connectivity index (χ1n) is 10.6. The summed E-state index contributed by atoms with van der Waals surface area (Å²) in [6, 6.07) is 10.7. The maximum atomic E-state index is 11.1. The summed E-state index contributed by atoms with van der Waals surface area (Å²) in [4.78, 5) is 2.41. The van der Waals surface area contributed by atoms with Crippen molar-refractivity contribution in [2.75, 3.05) is 26.2 Å². The molecule has 0 aromatic heterocycles. The largest absolute Gasteiger partial charge is 0.390 e. The molecular formula is C22H34N2O3. The zero-order valence-electron chi connectivity index (χ0n) is 16.6. The van der Waals surface area contributed by atoms with Crippen molar-refractivity contribution in [1.29, 1.82) is 0 Å². The van der Waals surface area contributed by atoms with E-state index in [1.165, 1.54) is 18.4 Å². The summed E-state index contributed by atoms with van der Waals surface area (Å²) in [5, 5.41) is 14.6. The predicted molar refractivity (Wildman–Crippen MR) is 105 cm³/mol. The van der Waals surface area contributed by atoms with E-state index in [9.17, 15) is 5.11 Å². The number of ether oxygens (including phenoxy) is 2. The molecule has 3 aliphatic rings. The molecule has 0 radical (unpaired) electrons. The Labute approximate surface area is 163 Å². The van der Waals surface area contributed by atoms with Crippen LogP contribution in [0.3, 0.4) is 0 Å². The quantitative estimate of drug-likeness (QED) is 0.798. The summed E-state index contributed by atoms with van der Waals surface area (Å²) in [6.07, 6.45) is 2.72. The second-order valence-electron chi connectivity index (χ2n) is 8.85. The van der Waals surface area contributed by atoms with Crippen LogP contribution in [0.4, 0.5) is 0 Å². The summed E-state index contributed by atoms with van der Waals surface area (Å²) >= 11 is 0. The lowest BCUT2D eigenvalue weighted by atomic mass is 9.87. The Hall–Kier alpha value is -0.980. The van der Waals surface area contributed by atoms with Gasteiger partial charge in [-0.25, -0.2) is 0 Å². The molecule has 2 N–H and O–H groups in total. The molecule has 5 unspecified atom stereocenters. The van der Waals surface area contributed by atoms with Gasteiger partial charge in [0, 0.05) is 0 Å². The fourth-order valence-electron chi connectivity index (χ4n) is 4.82. The first kappa shape index (κ1) is 19.3. The summed E-state index contributed by atoms with van der Waals surface area (Å²) in [5.74, 6) is 1.27. The van der Waals surface area contributed by atoms with Gasteiger partial charge in [0.25, 0.3) is 0 Å². The van der Waals surface area contributed by atoms with Crippen molar-refractivity contribution < 1.29 is 14.6 Å². The van der Waals surface area contributed by atoms with Gasteiger partial charge in [0.2, 0.25) is 0 Å². The molecule has 0 amide bonds. The highest BCUT2D eigenvalue weighted by atomic mass is 16.7. The van der Waals surface area contributed by atoms with Crippen LogP contribution in [0.15, 0.2) is 30.3 Å². The van der Waals surface area contributed by atoms with E-state index in [0.717, 1.165) is 32.0 Å². The highest BCUT2D eigenvalue weighted by molar-refractivity contribution is 5.15. The molecule has 1 aromatic rings. The molecule has 5 atom stereocenters. The van der Waals surface area contributed by atoms with Crippen molar-refractivity contribution in [2.24, 2.45) is 11.8 Å². The molecule has 5 heteroatoms. The minimum absolute atomic E-state index is 0.0318. The van der Waals surface area contributed by atoms with Gasteiger partial charge in [-0.2, -0.15) is 0 Å². The number of aliphatic hydroxyl groups excluding tert-OH is 1. The SMILES string of the molecule is CC(C)CNC1C2COC(O2)C(N2CCC(Cc3ccccc3)CC2)C1O. The molecule has 0 spiro atoms. The van der Waals surface area contributed by atoms with Gasteiger partial charge in [0.05, 0.1) is 24.8 Å². The number of aliphatic hydroxyl groups is 1. The normalized spacial score (nSPS) is 35.0. The smallest absolute Gasteiger partial charge is 0.176 e. The maximum Gasteiger partial charge on any atom is 0.176 e. The van der Waals surface area contributed by atoms with Crippen LogP contribution >= 0.6 is 0 Å². The minimum atomic E-state index is -0.444. The fourth-order valence-corrected chi connectivity index (χ4v) is 4.82. The van der Waals surface area contributed by atoms with Gasteiger partial charge in [-0.1, -0.05) is 44.2 Å². The van der Waals surface area contributed by atoms with Gasteiger partial charge in [0.1, 0.15) is 6.10 Å². The first-order chi connectivity index (χ1) is 13.1. The molecule has 3 saturated heterocycles. The Kier molecular flexibility index (Phi) is 6.15. The fraction of sp³-hybridized carbons (Fsp3) is 0.727. The van der Waals surface area contributed by atoms with E-state index in [-0.39, 0.29) is 24.5 Å². The Morgan fingerprint density at radius 2 is 1.93 bits per heavy atom. The summed E-state index contributed by atoms with van der Waals surface area (Å²) in [7, 11) is 0. The molecule has 150 valence electrons. The average molecular weight is 375 g/mol. The van der Waals surface area contributed by atoms with E-state index in [1.807, 2.05) is 0 Å². The molecule has 3 fully saturated rings. The third kappa shape index (κ3) is 4.38. The zero-order chi connectivity index (χ0) is 18.8. The molecule has 0 saturated carbocycles. The lowest BCUT2D eigenvalue weighted by Crippen LogP contribution is -2.65. The second kappa shape index (κ2) is 8.58. The topological polar surface area (TPSA) is 54.0 Å². The van der Waals surface area contributed by atoms with Crippen molar-refractivity contribution in [1.82, 2.24) is 10.2 Å². The van der Waals surface area contributed by atoms with Gasteiger partial charge in [-0.05, 0) is 56.3 Å². The van der Waals surface area contributed by atoms with Crippen LogP contribution in [-0.4, -0.2) is 66.8 Å². The van der Waals surface area contributed by atoms with Crippen LogP contribution in [0.25, 0.3) is 0 Å². The van der Waals surface area contributed by atoms with E-state index < -0.39 is 6.10 Å². The van der Waals surface area contributed by atoms with Crippen molar-refractivity contribution in [3.8, 4) is 0 Å². The highest BCUT2D eigenvalue weighted by Gasteiger charge is 2.52. The maximum absolute atomic E-state index is 11.1. The lowest BCUT2D eigenvalue weighted by molar-refractivity contribution is -0.185. The van der Waals surface area contributed by atoms with E-state index in [4.69, 9.17) is 9.47 Å². The van der Waals surface area contributed by atoms with Crippen LogP contribution < -0.4 is 5.32 Å². The summed E-state index contributed by atoms with van der Waals surface area (Å²) in [6.45, 7) is 7.85. The van der Waals surface area contributed by atoms with Gasteiger partial charge >= 0.3 is 0 Å². The van der Waals surface area contributed by atoms with Gasteiger partial charge in [-0.3, -0.25) is 4.90 Å². The molecule has 1 aromatic carbocycles. The lowest BCUT2D eigenvalue weighted by Gasteiger charge is -2.46. The van der Waals surface area contributed by atoms with Crippen molar-refractivity contribution in [2.45, 2.75) is 63.7 Å². The number of piperidine rings is 1. The molecule has 5 nitrogen and oxygen atoms in total. The van der Waals surface area contributed by atoms with Crippen LogP contribution in [-0.2, 0) is 15.9 Å². The number of fused-ring (bicyclic) bond motifs is 2. The highest BCUT2D eigenvalue weighted by Crippen LogP contribution is 2.34. The third-order valence-corrected chi connectivity index (χ3v) is 6.33. The Morgan fingerprint density at radius 1 is 1.19 bits per heavy atom. The van der Waals surface area contributed by atoms with Crippen molar-refractivity contribution in [3.05, 3.63) is 35.9 Å². The van der Waals surface area contributed by atoms with Gasteiger partial charge in [-0.15, -0.1) is 0 Å². The van der Waals surface area contributed by atoms with Crippen LogP contribution in [0.2, 0.25) is 0 Å². The summed E-state index contributed by atoms with van der Waals surface area (Å²) < 4.78 is 12.0. The molecule has 3 heterocycles. The van der Waals surface area contributed by atoms with E-state index in [2.05, 4.69) is 54.4 Å². The Morgan fingerprint density at radius 3 is 2.63 bits per heavy atom. The molecule has 27 heavy (non-hydrogen) atoms. The van der Waals surface area contributed by atoms with Crippen molar-refractivity contribution >= 4 is 0 Å². The number of nitrogens with one attached hydrogen (secondary N) is 1. The minimum Gasteiger partial charge on any atom is -0.390 e. The number of rotatable bonds is 6. The van der Waals surface area contributed by atoms with Crippen LogP contribution in [0.1, 0.15) is 32.3 Å². The molecule has 3 aliphatic heterocycles. The Bertz CT molecular complexity index is 588. The standard InChI is InChI=1S/C22H34N2O3/c1-15(2)13-23-19-18-14-26-22(27-18)20(21(19)25)24-10-8-17(9-11-24)12-16-6-4-3-5-7-16/h3-7,15,17-23,25H,8-14H2,1-2H3. The number of benzene rings is 1. The van der Waals surface area contributed by atoms with Gasteiger partial charge < -0.3 is 19.9 Å². The molecule has 0 aliphatic carbocycles.